The number of nitrogens with zero attached hydrogens (tertiary/aromatic N) is 1. The third-order valence-corrected chi connectivity index (χ3v) is 3.94. The summed E-state index contributed by atoms with van der Waals surface area (Å²) in [7, 11) is 0. The number of rotatable bonds is 3. The summed E-state index contributed by atoms with van der Waals surface area (Å²) in [5.41, 5.74) is 0.249. The van der Waals surface area contributed by atoms with Gasteiger partial charge in [-0.15, -0.1) is 0 Å². The third kappa shape index (κ3) is 4.26. The number of urea groups is 1. The molecule has 1 aliphatic heterocycles. The van der Waals surface area contributed by atoms with Gasteiger partial charge in [-0.1, -0.05) is 23.7 Å². The molecule has 2 aromatic carbocycles. The van der Waals surface area contributed by atoms with E-state index in [2.05, 4.69) is 20.9 Å². The molecule has 3 N–H and O–H groups in total. The fourth-order valence-electron chi connectivity index (χ4n) is 2.42. The number of aliphatic imine (C=N–C) groups is 1. The van der Waals surface area contributed by atoms with E-state index >= 15 is 0 Å². The van der Waals surface area contributed by atoms with E-state index in [0.717, 1.165) is 36.1 Å². The highest BCUT2D eigenvalue weighted by Gasteiger charge is 2.31. The van der Waals surface area contributed by atoms with E-state index < -0.39 is 17.8 Å². The van der Waals surface area contributed by atoms with Crippen LogP contribution in [0.2, 0.25) is 5.02 Å². The van der Waals surface area contributed by atoms with Crippen LogP contribution in [0.1, 0.15) is 11.1 Å². The van der Waals surface area contributed by atoms with Crippen LogP contribution in [0.3, 0.4) is 0 Å². The molecule has 0 fully saturated rings. The lowest BCUT2D eigenvalue weighted by atomic mass is 10.2. The third-order valence-electron chi connectivity index (χ3n) is 3.61. The fourth-order valence-corrected chi connectivity index (χ4v) is 2.58. The summed E-state index contributed by atoms with van der Waals surface area (Å²) in [5, 5.41) is 8.02. The molecule has 0 aliphatic carbocycles. The normalized spacial score (nSPS) is 13.8. The highest BCUT2D eigenvalue weighted by molar-refractivity contribution is 6.33. The van der Waals surface area contributed by atoms with Crippen LogP contribution in [0, 0.1) is 0 Å². The number of carbonyl (C=O) groups is 1. The van der Waals surface area contributed by atoms with Crippen molar-refractivity contribution in [3.8, 4) is 0 Å². The molecule has 0 saturated carbocycles. The molecule has 2 aromatic rings. The number of amidine groups is 1. The molecule has 0 atom stereocenters. The van der Waals surface area contributed by atoms with Crippen molar-refractivity contribution in [2.75, 3.05) is 23.7 Å². The summed E-state index contributed by atoms with van der Waals surface area (Å²) < 4.78 is 38.4. The van der Waals surface area contributed by atoms with Gasteiger partial charge in [0, 0.05) is 17.8 Å². The van der Waals surface area contributed by atoms with Crippen molar-refractivity contribution in [1.29, 1.82) is 0 Å². The average Bonchev–Trinajstić information content (AvgIpc) is 3.10. The topological polar surface area (TPSA) is 65.5 Å². The molecule has 9 heteroatoms. The van der Waals surface area contributed by atoms with Gasteiger partial charge in [-0.2, -0.15) is 13.2 Å². The van der Waals surface area contributed by atoms with Crippen molar-refractivity contribution in [3.05, 3.63) is 58.6 Å². The first-order chi connectivity index (χ1) is 12.3. The zero-order chi connectivity index (χ0) is 18.7. The van der Waals surface area contributed by atoms with Crippen LogP contribution in [0.5, 0.6) is 0 Å². The van der Waals surface area contributed by atoms with Gasteiger partial charge in [-0.25, -0.2) is 4.79 Å². The van der Waals surface area contributed by atoms with Crippen LogP contribution in [-0.2, 0) is 6.18 Å². The van der Waals surface area contributed by atoms with Gasteiger partial charge >= 0.3 is 12.2 Å². The number of nitrogens with one attached hydrogen (secondary N) is 3. The largest absolute Gasteiger partial charge is 0.416 e. The van der Waals surface area contributed by atoms with Crippen molar-refractivity contribution >= 4 is 34.8 Å². The molecule has 1 heterocycles. The Morgan fingerprint density at radius 2 is 1.96 bits per heavy atom. The first-order valence-corrected chi connectivity index (χ1v) is 8.04. The van der Waals surface area contributed by atoms with Crippen LogP contribution in [0.25, 0.3) is 0 Å². The van der Waals surface area contributed by atoms with Crippen LogP contribution in [0.15, 0.2) is 47.5 Å². The summed E-state index contributed by atoms with van der Waals surface area (Å²) in [6, 6.07) is 8.97. The number of alkyl halides is 3. The van der Waals surface area contributed by atoms with E-state index in [0.29, 0.717) is 12.2 Å². The Balaban J connectivity index is 1.72. The molecule has 0 spiro atoms. The van der Waals surface area contributed by atoms with Crippen LogP contribution >= 0.6 is 11.6 Å². The average molecular weight is 383 g/mol. The number of carbonyl (C=O) groups excluding carboxylic acids is 1. The van der Waals surface area contributed by atoms with E-state index in [1.807, 2.05) is 6.07 Å². The molecule has 3 rings (SSSR count). The van der Waals surface area contributed by atoms with Crippen LogP contribution in [-0.4, -0.2) is 25.0 Å². The Labute approximate surface area is 152 Å². The molecule has 0 saturated heterocycles. The second-order valence-electron chi connectivity index (χ2n) is 5.51. The summed E-state index contributed by atoms with van der Waals surface area (Å²) in [5.74, 6) is 0.731. The number of anilines is 2. The van der Waals surface area contributed by atoms with Gasteiger partial charge in [0.1, 0.15) is 5.84 Å². The number of halogens is 4. The standard InChI is InChI=1S/C17H14ClF3N4O/c18-13-5-4-11(17(19,20)21)9-14(13)25-16(26)24-12-3-1-2-10(8-12)15-22-6-7-23-15/h1-5,8-9H,6-7H2,(H,22,23)(H2,24,25,26). The molecule has 5 nitrogen and oxygen atoms in total. The summed E-state index contributed by atoms with van der Waals surface area (Å²) >= 11 is 5.87. The van der Waals surface area contributed by atoms with E-state index in [-0.39, 0.29) is 10.7 Å². The molecule has 1 aliphatic rings. The molecule has 26 heavy (non-hydrogen) atoms. The maximum Gasteiger partial charge on any atom is 0.416 e. The first kappa shape index (κ1) is 18.1. The van der Waals surface area contributed by atoms with Crippen molar-refractivity contribution < 1.29 is 18.0 Å². The predicted octanol–water partition coefficient (Wildman–Crippen LogP) is 4.35. The van der Waals surface area contributed by atoms with Gasteiger partial charge < -0.3 is 16.0 Å². The second-order valence-corrected chi connectivity index (χ2v) is 5.92. The highest BCUT2D eigenvalue weighted by atomic mass is 35.5. The van der Waals surface area contributed by atoms with Crippen molar-refractivity contribution in [2.45, 2.75) is 6.18 Å². The minimum atomic E-state index is -4.53. The number of benzene rings is 2. The van der Waals surface area contributed by atoms with Gasteiger partial charge in [0.2, 0.25) is 0 Å². The molecule has 0 bridgehead atoms. The predicted molar refractivity (Wildman–Crippen MR) is 94.9 cm³/mol. The van der Waals surface area contributed by atoms with Crippen LogP contribution in [0.4, 0.5) is 29.3 Å². The van der Waals surface area contributed by atoms with Crippen molar-refractivity contribution in [2.24, 2.45) is 4.99 Å². The highest BCUT2D eigenvalue weighted by Crippen LogP contribution is 2.33. The molecule has 136 valence electrons. The van der Waals surface area contributed by atoms with Gasteiger partial charge in [0.25, 0.3) is 0 Å². The monoisotopic (exact) mass is 382 g/mol. The number of amides is 2. The van der Waals surface area contributed by atoms with Gasteiger partial charge in [0.15, 0.2) is 0 Å². The summed E-state index contributed by atoms with van der Waals surface area (Å²) in [6.07, 6.45) is -4.53. The minimum Gasteiger partial charge on any atom is -0.368 e. The zero-order valence-electron chi connectivity index (χ0n) is 13.3. The lowest BCUT2D eigenvalue weighted by Crippen LogP contribution is -2.22. The van der Waals surface area contributed by atoms with Crippen LogP contribution < -0.4 is 16.0 Å². The fraction of sp³-hybridized carbons (Fsp3) is 0.176. The van der Waals surface area contributed by atoms with Crippen molar-refractivity contribution in [3.63, 3.8) is 0 Å². The second kappa shape index (κ2) is 7.25. The Morgan fingerprint density at radius 3 is 2.65 bits per heavy atom. The van der Waals surface area contributed by atoms with E-state index in [1.54, 1.807) is 18.2 Å². The Bertz CT molecular complexity index is 867. The summed E-state index contributed by atoms with van der Waals surface area (Å²) in [6.45, 7) is 1.43. The molecule has 0 unspecified atom stereocenters. The SMILES string of the molecule is O=C(Nc1cccc(C2=NCCN2)c1)Nc1cc(C(F)(F)F)ccc1Cl. The smallest absolute Gasteiger partial charge is 0.368 e. The Morgan fingerprint density at radius 1 is 1.15 bits per heavy atom. The Hall–Kier alpha value is -2.74. The lowest BCUT2D eigenvalue weighted by Gasteiger charge is -2.13. The maximum atomic E-state index is 12.8. The lowest BCUT2D eigenvalue weighted by molar-refractivity contribution is -0.137. The molecule has 2 amide bonds. The van der Waals surface area contributed by atoms with Gasteiger partial charge in [-0.05, 0) is 30.3 Å². The molecular weight excluding hydrogens is 369 g/mol. The van der Waals surface area contributed by atoms with E-state index in [1.165, 1.54) is 0 Å². The Kier molecular flexibility index (Phi) is 5.03. The zero-order valence-corrected chi connectivity index (χ0v) is 14.1. The quantitative estimate of drug-likeness (QED) is 0.738. The number of hydrogen-bond acceptors (Lipinski definition) is 3. The van der Waals surface area contributed by atoms with E-state index in [4.69, 9.17) is 11.6 Å². The first-order valence-electron chi connectivity index (χ1n) is 7.66. The molecule has 0 aromatic heterocycles. The molecule has 0 radical (unpaired) electrons. The number of hydrogen-bond donors (Lipinski definition) is 3. The minimum absolute atomic E-state index is 0.00594. The molecular formula is C17H14ClF3N4O. The van der Waals surface area contributed by atoms with Crippen molar-refractivity contribution in [1.82, 2.24) is 5.32 Å². The van der Waals surface area contributed by atoms with E-state index in [9.17, 15) is 18.0 Å². The summed E-state index contributed by atoms with van der Waals surface area (Å²) in [4.78, 5) is 16.4. The maximum absolute atomic E-state index is 12.8. The van der Waals surface area contributed by atoms with Gasteiger partial charge in [0.05, 0.1) is 22.8 Å². The van der Waals surface area contributed by atoms with Gasteiger partial charge in [-0.3, -0.25) is 4.99 Å².